The molecule has 28 heavy (non-hydrogen) atoms. The SMILES string of the molecule is CCCc1cc(N2CCCC2C)nc(Nc2cccc(N(OC)C(=O)O)c2)n1. The zero-order valence-corrected chi connectivity index (χ0v) is 16.6. The summed E-state index contributed by atoms with van der Waals surface area (Å²) in [7, 11) is 1.31. The molecule has 2 heterocycles. The van der Waals surface area contributed by atoms with Crippen molar-refractivity contribution in [2.75, 3.05) is 28.9 Å². The zero-order chi connectivity index (χ0) is 20.1. The number of nitrogens with one attached hydrogen (secondary N) is 1. The van der Waals surface area contributed by atoms with Crippen molar-refractivity contribution >= 4 is 29.2 Å². The van der Waals surface area contributed by atoms with Crippen LogP contribution in [-0.4, -0.2) is 40.9 Å². The van der Waals surface area contributed by atoms with Crippen LogP contribution in [0.1, 0.15) is 38.8 Å². The standard InChI is InChI=1S/C20H27N5O3/c1-4-7-15-13-18(24-11-6-8-14(24)2)23-19(21-15)22-16-9-5-10-17(12-16)25(28-3)20(26)27/h5,9-10,12-14H,4,6-8,11H2,1-3H3,(H,26,27)(H,21,22,23). The number of aromatic nitrogens is 2. The molecular weight excluding hydrogens is 358 g/mol. The van der Waals surface area contributed by atoms with Crippen molar-refractivity contribution in [3.8, 4) is 0 Å². The smallest absolute Gasteiger partial charge is 0.436 e. The van der Waals surface area contributed by atoms with Gasteiger partial charge >= 0.3 is 6.09 Å². The van der Waals surface area contributed by atoms with E-state index in [0.29, 0.717) is 23.4 Å². The molecule has 1 saturated heterocycles. The zero-order valence-electron chi connectivity index (χ0n) is 16.6. The number of hydrogen-bond acceptors (Lipinski definition) is 6. The predicted octanol–water partition coefficient (Wildman–Crippen LogP) is 4.21. The highest BCUT2D eigenvalue weighted by atomic mass is 16.7. The first-order chi connectivity index (χ1) is 13.5. The summed E-state index contributed by atoms with van der Waals surface area (Å²) >= 11 is 0. The van der Waals surface area contributed by atoms with E-state index in [4.69, 9.17) is 9.82 Å². The molecule has 0 radical (unpaired) electrons. The molecule has 1 amide bonds. The fourth-order valence-electron chi connectivity index (χ4n) is 3.48. The van der Waals surface area contributed by atoms with E-state index in [0.717, 1.165) is 36.0 Å². The maximum atomic E-state index is 11.3. The van der Waals surface area contributed by atoms with Crippen molar-refractivity contribution in [2.24, 2.45) is 0 Å². The Kier molecular flexibility index (Phi) is 6.30. The van der Waals surface area contributed by atoms with Gasteiger partial charge in [0, 0.05) is 30.0 Å². The first-order valence-electron chi connectivity index (χ1n) is 9.60. The van der Waals surface area contributed by atoms with Gasteiger partial charge in [0.15, 0.2) is 0 Å². The number of hydroxylamine groups is 1. The largest absolute Gasteiger partial charge is 0.463 e. The Morgan fingerprint density at radius 3 is 2.86 bits per heavy atom. The van der Waals surface area contributed by atoms with E-state index in [1.165, 1.54) is 20.0 Å². The van der Waals surface area contributed by atoms with E-state index < -0.39 is 6.09 Å². The van der Waals surface area contributed by atoms with Gasteiger partial charge in [-0.25, -0.2) is 9.78 Å². The van der Waals surface area contributed by atoms with Crippen LogP contribution in [0.2, 0.25) is 0 Å². The van der Waals surface area contributed by atoms with Gasteiger partial charge in [-0.05, 0) is 44.4 Å². The van der Waals surface area contributed by atoms with E-state index in [1.807, 2.05) is 6.07 Å². The van der Waals surface area contributed by atoms with Crippen LogP contribution in [0.4, 0.5) is 27.9 Å². The van der Waals surface area contributed by atoms with Crippen molar-refractivity contribution in [3.05, 3.63) is 36.0 Å². The highest BCUT2D eigenvalue weighted by Crippen LogP contribution is 2.27. The number of anilines is 4. The van der Waals surface area contributed by atoms with Crippen LogP contribution >= 0.6 is 0 Å². The van der Waals surface area contributed by atoms with Crippen LogP contribution in [0.5, 0.6) is 0 Å². The number of aryl methyl sites for hydroxylation is 1. The lowest BCUT2D eigenvalue weighted by Gasteiger charge is -2.23. The van der Waals surface area contributed by atoms with E-state index in [1.54, 1.807) is 18.2 Å². The van der Waals surface area contributed by atoms with Gasteiger partial charge in [-0.1, -0.05) is 19.4 Å². The summed E-state index contributed by atoms with van der Waals surface area (Å²) in [5.74, 6) is 1.45. The Hall–Kier alpha value is -2.87. The number of nitrogens with zero attached hydrogens (tertiary/aromatic N) is 4. The fourth-order valence-corrected chi connectivity index (χ4v) is 3.48. The molecule has 1 aromatic heterocycles. The molecular formula is C20H27N5O3. The van der Waals surface area contributed by atoms with Crippen molar-refractivity contribution in [3.63, 3.8) is 0 Å². The lowest BCUT2D eigenvalue weighted by atomic mass is 10.2. The molecule has 0 saturated carbocycles. The third kappa shape index (κ3) is 4.51. The summed E-state index contributed by atoms with van der Waals surface area (Å²) in [5, 5.41) is 13.3. The van der Waals surface area contributed by atoms with Gasteiger partial charge in [0.25, 0.3) is 0 Å². The van der Waals surface area contributed by atoms with Crippen molar-refractivity contribution in [1.29, 1.82) is 0 Å². The van der Waals surface area contributed by atoms with E-state index in [9.17, 15) is 9.90 Å². The number of carboxylic acid groups (broad SMARTS) is 1. The lowest BCUT2D eigenvalue weighted by molar-refractivity contribution is 0.130. The van der Waals surface area contributed by atoms with Crippen LogP contribution in [0.25, 0.3) is 0 Å². The summed E-state index contributed by atoms with van der Waals surface area (Å²) in [6.45, 7) is 5.35. The van der Waals surface area contributed by atoms with E-state index in [2.05, 4.69) is 35.1 Å². The van der Waals surface area contributed by atoms with Gasteiger partial charge in [0.2, 0.25) is 5.95 Å². The molecule has 0 spiro atoms. The second kappa shape index (κ2) is 8.88. The lowest BCUT2D eigenvalue weighted by Crippen LogP contribution is -2.28. The van der Waals surface area contributed by atoms with Crippen molar-refractivity contribution in [2.45, 2.75) is 45.6 Å². The molecule has 0 bridgehead atoms. The number of hydrogen-bond donors (Lipinski definition) is 2. The van der Waals surface area contributed by atoms with Crippen LogP contribution in [0, 0.1) is 0 Å². The van der Waals surface area contributed by atoms with Gasteiger partial charge in [0.1, 0.15) is 5.82 Å². The minimum atomic E-state index is -1.19. The molecule has 8 heteroatoms. The van der Waals surface area contributed by atoms with Crippen LogP contribution in [0.3, 0.4) is 0 Å². The second-order valence-electron chi connectivity index (χ2n) is 6.91. The monoisotopic (exact) mass is 385 g/mol. The molecule has 1 atom stereocenters. The van der Waals surface area contributed by atoms with Gasteiger partial charge in [-0.3, -0.25) is 4.84 Å². The Balaban J connectivity index is 1.89. The van der Waals surface area contributed by atoms with Crippen LogP contribution < -0.4 is 15.3 Å². The Morgan fingerprint density at radius 2 is 2.21 bits per heavy atom. The van der Waals surface area contributed by atoms with Crippen molar-refractivity contribution < 1.29 is 14.7 Å². The highest BCUT2D eigenvalue weighted by Gasteiger charge is 2.23. The topological polar surface area (TPSA) is 90.8 Å². The molecule has 0 aliphatic carbocycles. The second-order valence-corrected chi connectivity index (χ2v) is 6.91. The quantitative estimate of drug-likeness (QED) is 0.690. The maximum absolute atomic E-state index is 11.3. The summed E-state index contributed by atoms with van der Waals surface area (Å²) in [6.07, 6.45) is 3.03. The summed E-state index contributed by atoms with van der Waals surface area (Å²) in [6, 6.07) is 9.48. The normalized spacial score (nSPS) is 16.2. The molecule has 3 rings (SSSR count). The van der Waals surface area contributed by atoms with Crippen molar-refractivity contribution in [1.82, 2.24) is 9.97 Å². The summed E-state index contributed by atoms with van der Waals surface area (Å²) in [5.41, 5.74) is 2.09. The molecule has 1 unspecified atom stereocenters. The highest BCUT2D eigenvalue weighted by molar-refractivity contribution is 5.84. The van der Waals surface area contributed by atoms with Crippen LogP contribution in [0.15, 0.2) is 30.3 Å². The Labute approximate surface area is 165 Å². The molecule has 150 valence electrons. The minimum Gasteiger partial charge on any atom is -0.463 e. The molecule has 1 fully saturated rings. The Morgan fingerprint density at radius 1 is 1.39 bits per heavy atom. The molecule has 1 aromatic carbocycles. The van der Waals surface area contributed by atoms with Gasteiger partial charge in [0.05, 0.1) is 12.8 Å². The van der Waals surface area contributed by atoms with E-state index >= 15 is 0 Å². The molecule has 1 aliphatic rings. The number of rotatable bonds is 7. The Bertz CT molecular complexity index is 829. The average Bonchev–Trinajstić information content (AvgIpc) is 3.08. The number of carbonyl (C=O) groups is 1. The first kappa shape index (κ1) is 19.9. The first-order valence-corrected chi connectivity index (χ1v) is 9.60. The van der Waals surface area contributed by atoms with Gasteiger partial charge < -0.3 is 15.3 Å². The number of amides is 1. The fraction of sp³-hybridized carbons (Fsp3) is 0.450. The molecule has 2 N–H and O–H groups in total. The summed E-state index contributed by atoms with van der Waals surface area (Å²) in [4.78, 5) is 27.9. The molecule has 2 aromatic rings. The van der Waals surface area contributed by atoms with Crippen LogP contribution in [-0.2, 0) is 11.3 Å². The third-order valence-electron chi connectivity index (χ3n) is 4.81. The summed E-state index contributed by atoms with van der Waals surface area (Å²) < 4.78 is 0. The van der Waals surface area contributed by atoms with Gasteiger partial charge in [-0.15, -0.1) is 0 Å². The maximum Gasteiger partial charge on any atom is 0.436 e. The molecule has 8 nitrogen and oxygen atoms in total. The third-order valence-corrected chi connectivity index (χ3v) is 4.81. The molecule has 1 aliphatic heterocycles. The minimum absolute atomic E-state index is 0.401. The van der Waals surface area contributed by atoms with E-state index in [-0.39, 0.29) is 0 Å². The predicted molar refractivity (Wildman–Crippen MR) is 109 cm³/mol. The average molecular weight is 385 g/mol. The number of benzene rings is 1. The van der Waals surface area contributed by atoms with Gasteiger partial charge in [-0.2, -0.15) is 10.0 Å².